The molecule has 1 aromatic heterocycles. The Morgan fingerprint density at radius 3 is 2.76 bits per heavy atom. The van der Waals surface area contributed by atoms with Crippen LogP contribution in [0.3, 0.4) is 0 Å². The number of aldehydes is 2. The van der Waals surface area contributed by atoms with E-state index in [-0.39, 0.29) is 28.6 Å². The summed E-state index contributed by atoms with van der Waals surface area (Å²) in [4.78, 5) is 24.2. The Balaban J connectivity index is 1.72. The largest absolute Gasteiger partial charge is 0.303 e. The maximum atomic E-state index is 12.2. The van der Waals surface area contributed by atoms with Crippen LogP contribution in [-0.2, 0) is 22.4 Å². The molecule has 1 aromatic rings. The molecule has 134 valence electrons. The average Bonchev–Trinajstić information content (AvgIpc) is 3.17. The highest BCUT2D eigenvalue weighted by molar-refractivity contribution is 5.60. The number of fused-ring (bicyclic) bond motifs is 2. The van der Waals surface area contributed by atoms with Gasteiger partial charge in [-0.05, 0) is 66.8 Å². The zero-order chi connectivity index (χ0) is 17.8. The topological polar surface area (TPSA) is 62.8 Å². The second kappa shape index (κ2) is 5.65. The predicted octanol–water partition coefficient (Wildman–Crippen LogP) is 3.53. The van der Waals surface area contributed by atoms with Gasteiger partial charge in [-0.25, -0.2) is 0 Å². The van der Waals surface area contributed by atoms with E-state index in [9.17, 15) is 9.59 Å². The molecule has 0 unspecified atom stereocenters. The molecule has 1 heterocycles. The zero-order valence-corrected chi connectivity index (χ0v) is 15.3. The number of aromatic nitrogens is 2. The van der Waals surface area contributed by atoms with E-state index in [1.807, 2.05) is 6.20 Å². The maximum absolute atomic E-state index is 12.2. The van der Waals surface area contributed by atoms with Crippen LogP contribution >= 0.6 is 0 Å². The van der Waals surface area contributed by atoms with Crippen LogP contribution in [0.4, 0.5) is 0 Å². The standard InChI is InChI=1S/C21H28N2O2/c1-13-4-5-17-16(12-25)18(6-7-20(13,17)2)21(3)9-14-10-22-23-19(14)8-15(21)11-24/h10-12,15-18H,1,4-9H2,2-3H3,(H,22,23)/t15-,16+,17+,18+,20-,21+/m1/s1. The number of hydrogen-bond acceptors (Lipinski definition) is 3. The van der Waals surface area contributed by atoms with Crippen LogP contribution in [0.5, 0.6) is 0 Å². The minimum Gasteiger partial charge on any atom is -0.303 e. The molecule has 0 amide bonds. The van der Waals surface area contributed by atoms with Crippen molar-refractivity contribution < 1.29 is 9.59 Å². The van der Waals surface area contributed by atoms with Crippen LogP contribution in [0, 0.1) is 34.5 Å². The smallest absolute Gasteiger partial charge is 0.124 e. The van der Waals surface area contributed by atoms with E-state index in [1.165, 1.54) is 17.4 Å². The van der Waals surface area contributed by atoms with Crippen LogP contribution in [-0.4, -0.2) is 22.8 Å². The van der Waals surface area contributed by atoms with Gasteiger partial charge in [-0.1, -0.05) is 26.0 Å². The van der Waals surface area contributed by atoms with E-state index in [4.69, 9.17) is 0 Å². The highest BCUT2D eigenvalue weighted by atomic mass is 16.1. The first kappa shape index (κ1) is 16.7. The Labute approximate surface area is 149 Å². The molecule has 3 aliphatic carbocycles. The fourth-order valence-electron chi connectivity index (χ4n) is 6.33. The second-order valence-corrected chi connectivity index (χ2v) is 9.03. The van der Waals surface area contributed by atoms with Gasteiger partial charge in [0.25, 0.3) is 0 Å². The number of aromatic amines is 1. The van der Waals surface area contributed by atoms with Crippen LogP contribution in [0.15, 0.2) is 18.3 Å². The lowest BCUT2D eigenvalue weighted by molar-refractivity contribution is -0.129. The number of allylic oxidation sites excluding steroid dienone is 1. The van der Waals surface area contributed by atoms with Crippen LogP contribution < -0.4 is 0 Å². The number of nitrogens with zero attached hydrogens (tertiary/aromatic N) is 1. The number of nitrogens with one attached hydrogen (secondary N) is 1. The normalized spacial score (nSPS) is 43.4. The fourth-order valence-corrected chi connectivity index (χ4v) is 6.33. The first-order valence-electron chi connectivity index (χ1n) is 9.54. The summed E-state index contributed by atoms with van der Waals surface area (Å²) in [5.74, 6) is 0.610. The minimum atomic E-state index is -0.171. The third kappa shape index (κ3) is 2.22. The van der Waals surface area contributed by atoms with Crippen molar-refractivity contribution in [3.63, 3.8) is 0 Å². The molecule has 4 rings (SSSR count). The quantitative estimate of drug-likeness (QED) is 0.676. The average molecular weight is 340 g/mol. The molecule has 0 aliphatic heterocycles. The van der Waals surface area contributed by atoms with Gasteiger partial charge in [-0.15, -0.1) is 0 Å². The summed E-state index contributed by atoms with van der Waals surface area (Å²) in [5.41, 5.74) is 3.56. The molecule has 0 aromatic carbocycles. The van der Waals surface area contributed by atoms with Gasteiger partial charge in [0.1, 0.15) is 12.6 Å². The summed E-state index contributed by atoms with van der Waals surface area (Å²) in [6, 6.07) is 0. The molecule has 4 heteroatoms. The molecular formula is C21H28N2O2. The Kier molecular flexibility index (Phi) is 3.78. The third-order valence-corrected chi connectivity index (χ3v) is 8.11. The van der Waals surface area contributed by atoms with Crippen molar-refractivity contribution in [3.8, 4) is 0 Å². The fraction of sp³-hybridized carbons (Fsp3) is 0.667. The van der Waals surface area contributed by atoms with Crippen molar-refractivity contribution in [2.24, 2.45) is 34.5 Å². The highest BCUT2D eigenvalue weighted by Gasteiger charge is 2.57. The number of rotatable bonds is 3. The maximum Gasteiger partial charge on any atom is 0.124 e. The van der Waals surface area contributed by atoms with Crippen molar-refractivity contribution >= 4 is 12.6 Å². The van der Waals surface area contributed by atoms with E-state index in [1.54, 1.807) is 0 Å². The van der Waals surface area contributed by atoms with E-state index in [2.05, 4.69) is 30.6 Å². The van der Waals surface area contributed by atoms with Gasteiger partial charge in [-0.2, -0.15) is 5.10 Å². The van der Waals surface area contributed by atoms with Crippen molar-refractivity contribution in [3.05, 3.63) is 29.6 Å². The van der Waals surface area contributed by atoms with E-state index in [0.29, 0.717) is 12.3 Å². The monoisotopic (exact) mass is 340 g/mol. The van der Waals surface area contributed by atoms with Crippen molar-refractivity contribution in [1.29, 1.82) is 0 Å². The van der Waals surface area contributed by atoms with Gasteiger partial charge in [0, 0.05) is 17.5 Å². The molecule has 0 bridgehead atoms. The Morgan fingerprint density at radius 2 is 2.04 bits per heavy atom. The molecule has 1 N–H and O–H groups in total. The highest BCUT2D eigenvalue weighted by Crippen LogP contribution is 2.62. The molecule has 2 fully saturated rings. The molecule has 0 radical (unpaired) electrons. The van der Waals surface area contributed by atoms with Crippen LogP contribution in [0.2, 0.25) is 0 Å². The van der Waals surface area contributed by atoms with Crippen molar-refractivity contribution in [1.82, 2.24) is 10.2 Å². The zero-order valence-electron chi connectivity index (χ0n) is 15.3. The van der Waals surface area contributed by atoms with Crippen molar-refractivity contribution in [2.75, 3.05) is 0 Å². The van der Waals surface area contributed by atoms with Gasteiger partial charge >= 0.3 is 0 Å². The summed E-state index contributed by atoms with van der Waals surface area (Å²) in [7, 11) is 0. The second-order valence-electron chi connectivity index (χ2n) is 9.03. The molecular weight excluding hydrogens is 312 g/mol. The molecule has 6 atom stereocenters. The lowest BCUT2D eigenvalue weighted by Gasteiger charge is -2.53. The van der Waals surface area contributed by atoms with Crippen LogP contribution in [0.1, 0.15) is 50.8 Å². The number of carbonyl (C=O) groups excluding carboxylic acids is 2. The van der Waals surface area contributed by atoms with Crippen LogP contribution in [0.25, 0.3) is 0 Å². The van der Waals surface area contributed by atoms with Gasteiger partial charge in [-0.3, -0.25) is 5.10 Å². The van der Waals surface area contributed by atoms with E-state index in [0.717, 1.165) is 44.1 Å². The van der Waals surface area contributed by atoms with E-state index >= 15 is 0 Å². The van der Waals surface area contributed by atoms with Gasteiger partial charge in [0.2, 0.25) is 0 Å². The summed E-state index contributed by atoms with van der Waals surface area (Å²) in [5, 5.41) is 7.22. The third-order valence-electron chi connectivity index (χ3n) is 8.11. The molecule has 0 spiro atoms. The molecule has 25 heavy (non-hydrogen) atoms. The minimum absolute atomic E-state index is 0.0268. The molecule has 0 saturated heterocycles. The summed E-state index contributed by atoms with van der Waals surface area (Å²) in [6.45, 7) is 8.83. The van der Waals surface area contributed by atoms with E-state index < -0.39 is 0 Å². The first-order valence-corrected chi connectivity index (χ1v) is 9.54. The molecule has 3 aliphatic rings. The summed E-state index contributed by atoms with van der Waals surface area (Å²) >= 11 is 0. The Hall–Kier alpha value is -1.71. The Morgan fingerprint density at radius 1 is 1.24 bits per heavy atom. The number of hydrogen-bond donors (Lipinski definition) is 1. The van der Waals surface area contributed by atoms with Gasteiger partial charge in [0.05, 0.1) is 6.20 Å². The van der Waals surface area contributed by atoms with Gasteiger partial charge in [0.15, 0.2) is 0 Å². The lowest BCUT2D eigenvalue weighted by Crippen LogP contribution is -2.51. The van der Waals surface area contributed by atoms with Crippen molar-refractivity contribution in [2.45, 2.75) is 52.4 Å². The lowest BCUT2D eigenvalue weighted by atomic mass is 9.50. The SMILES string of the molecule is C=C1CC[C@H]2[C@H](C=O)[C@@H]([C@@]3(C)Cc4cn[nH]c4C[C@@H]3C=O)CC[C@]12C. The first-order chi connectivity index (χ1) is 11.9. The number of carbonyl (C=O) groups is 2. The Bertz CT molecular complexity index is 723. The number of H-pyrrole nitrogens is 1. The summed E-state index contributed by atoms with van der Waals surface area (Å²) < 4.78 is 0. The predicted molar refractivity (Wildman–Crippen MR) is 95.9 cm³/mol. The molecule has 4 nitrogen and oxygen atoms in total. The van der Waals surface area contributed by atoms with Gasteiger partial charge < -0.3 is 9.59 Å². The summed E-state index contributed by atoms with van der Waals surface area (Å²) in [6.07, 6.45) is 9.96. The molecule has 2 saturated carbocycles.